The number of nitrogens with zero attached hydrogens (tertiary/aromatic N) is 3. The van der Waals surface area contributed by atoms with Crippen LogP contribution in [0.4, 0.5) is 11.8 Å². The number of ether oxygens (including phenoxy) is 1. The molecule has 1 unspecified atom stereocenters. The summed E-state index contributed by atoms with van der Waals surface area (Å²) in [5.41, 5.74) is 5.61. The van der Waals surface area contributed by atoms with Gasteiger partial charge in [-0.05, 0) is 12.8 Å². The highest BCUT2D eigenvalue weighted by Crippen LogP contribution is 2.23. The third-order valence-electron chi connectivity index (χ3n) is 3.35. The molecule has 3 rings (SSSR count). The number of carbonyl (C=O) groups is 1. The molecule has 0 bridgehead atoms. The smallest absolute Gasteiger partial charge is 0.245 e. The molecule has 0 aromatic carbocycles. The summed E-state index contributed by atoms with van der Waals surface area (Å²) in [4.78, 5) is 22.1. The van der Waals surface area contributed by atoms with Crippen LogP contribution in [0.3, 0.4) is 0 Å². The number of morpholine rings is 1. The molecule has 8 heteroatoms. The SMILES string of the molecule is Nc1nc(Cl)cc(N2CCOCC2C(=O)NC2CC2)n1. The summed E-state index contributed by atoms with van der Waals surface area (Å²) in [6, 6.07) is 1.51. The summed E-state index contributed by atoms with van der Waals surface area (Å²) >= 11 is 5.90. The van der Waals surface area contributed by atoms with Crippen LogP contribution in [0, 0.1) is 0 Å². The van der Waals surface area contributed by atoms with Crippen molar-refractivity contribution >= 4 is 29.3 Å². The van der Waals surface area contributed by atoms with Crippen molar-refractivity contribution in [3.63, 3.8) is 0 Å². The average Bonchev–Trinajstić information content (AvgIpc) is 3.21. The first kappa shape index (κ1) is 13.4. The zero-order chi connectivity index (χ0) is 14.1. The van der Waals surface area contributed by atoms with E-state index in [1.165, 1.54) is 0 Å². The van der Waals surface area contributed by atoms with E-state index in [1.807, 2.05) is 4.90 Å². The van der Waals surface area contributed by atoms with Crippen LogP contribution in [0.1, 0.15) is 12.8 Å². The zero-order valence-corrected chi connectivity index (χ0v) is 11.6. The molecule has 1 amide bonds. The number of nitrogens with one attached hydrogen (secondary N) is 1. The molecule has 2 fully saturated rings. The van der Waals surface area contributed by atoms with Crippen LogP contribution in [-0.2, 0) is 9.53 Å². The van der Waals surface area contributed by atoms with Crippen LogP contribution in [0.5, 0.6) is 0 Å². The lowest BCUT2D eigenvalue weighted by atomic mass is 10.2. The third-order valence-corrected chi connectivity index (χ3v) is 3.54. The van der Waals surface area contributed by atoms with E-state index in [-0.39, 0.29) is 17.0 Å². The Hall–Kier alpha value is -1.60. The Morgan fingerprint density at radius 1 is 1.50 bits per heavy atom. The number of nitrogen functional groups attached to an aromatic ring is 1. The van der Waals surface area contributed by atoms with Crippen molar-refractivity contribution in [3.05, 3.63) is 11.2 Å². The predicted molar refractivity (Wildman–Crippen MR) is 74.6 cm³/mol. The summed E-state index contributed by atoms with van der Waals surface area (Å²) in [5.74, 6) is 0.614. The first-order valence-corrected chi connectivity index (χ1v) is 6.96. The number of hydrogen-bond donors (Lipinski definition) is 2. The lowest BCUT2D eigenvalue weighted by molar-refractivity contribution is -0.124. The molecule has 1 aliphatic heterocycles. The van der Waals surface area contributed by atoms with E-state index in [0.29, 0.717) is 31.6 Å². The Balaban J connectivity index is 1.81. The van der Waals surface area contributed by atoms with Gasteiger partial charge in [0.2, 0.25) is 11.9 Å². The van der Waals surface area contributed by atoms with Gasteiger partial charge in [-0.25, -0.2) is 4.98 Å². The van der Waals surface area contributed by atoms with Gasteiger partial charge in [0, 0.05) is 18.7 Å². The summed E-state index contributed by atoms with van der Waals surface area (Å²) in [7, 11) is 0. The summed E-state index contributed by atoms with van der Waals surface area (Å²) in [5, 5.41) is 3.25. The second-order valence-corrected chi connectivity index (χ2v) is 5.36. The van der Waals surface area contributed by atoms with Crippen LogP contribution in [-0.4, -0.2) is 47.7 Å². The number of nitrogens with two attached hydrogens (primary N) is 1. The minimum Gasteiger partial charge on any atom is -0.377 e. The van der Waals surface area contributed by atoms with Gasteiger partial charge in [-0.3, -0.25) is 4.79 Å². The maximum Gasteiger partial charge on any atom is 0.245 e. The van der Waals surface area contributed by atoms with Gasteiger partial charge in [0.1, 0.15) is 17.0 Å². The zero-order valence-electron chi connectivity index (χ0n) is 10.9. The van der Waals surface area contributed by atoms with Gasteiger partial charge < -0.3 is 20.7 Å². The standard InChI is InChI=1S/C12H16ClN5O2/c13-9-5-10(17-12(14)16-9)18-3-4-20-6-8(18)11(19)15-7-1-2-7/h5,7-8H,1-4,6H2,(H,15,19)(H2,14,16,17). The monoisotopic (exact) mass is 297 g/mol. The fraction of sp³-hybridized carbons (Fsp3) is 0.583. The molecule has 2 heterocycles. The van der Waals surface area contributed by atoms with Crippen LogP contribution >= 0.6 is 11.6 Å². The van der Waals surface area contributed by atoms with Gasteiger partial charge in [-0.15, -0.1) is 0 Å². The first-order valence-electron chi connectivity index (χ1n) is 6.58. The maximum atomic E-state index is 12.3. The molecule has 1 aromatic rings. The average molecular weight is 298 g/mol. The van der Waals surface area contributed by atoms with Crippen molar-refractivity contribution in [1.29, 1.82) is 0 Å². The minimum atomic E-state index is -0.408. The van der Waals surface area contributed by atoms with Gasteiger partial charge in [0.15, 0.2) is 0 Å². The number of amides is 1. The van der Waals surface area contributed by atoms with Crippen molar-refractivity contribution in [2.24, 2.45) is 0 Å². The predicted octanol–water partition coefficient (Wildman–Crippen LogP) is 0.196. The van der Waals surface area contributed by atoms with Crippen molar-refractivity contribution in [1.82, 2.24) is 15.3 Å². The maximum absolute atomic E-state index is 12.3. The number of hydrogen-bond acceptors (Lipinski definition) is 6. The number of carbonyl (C=O) groups excluding carboxylic acids is 1. The van der Waals surface area contributed by atoms with Crippen LogP contribution in [0.2, 0.25) is 5.15 Å². The van der Waals surface area contributed by atoms with Gasteiger partial charge in [-0.1, -0.05) is 11.6 Å². The Morgan fingerprint density at radius 2 is 2.30 bits per heavy atom. The summed E-state index contributed by atoms with van der Waals surface area (Å²) in [6.45, 7) is 1.43. The number of rotatable bonds is 3. The quantitative estimate of drug-likeness (QED) is 0.774. The molecule has 1 aliphatic carbocycles. The van der Waals surface area contributed by atoms with E-state index < -0.39 is 6.04 Å². The molecule has 3 N–H and O–H groups in total. The largest absolute Gasteiger partial charge is 0.377 e. The van der Waals surface area contributed by atoms with Crippen molar-refractivity contribution in [3.8, 4) is 0 Å². The van der Waals surface area contributed by atoms with E-state index in [0.717, 1.165) is 12.8 Å². The Kier molecular flexibility index (Phi) is 3.62. The van der Waals surface area contributed by atoms with Gasteiger partial charge in [0.05, 0.1) is 13.2 Å². The molecule has 0 spiro atoms. The summed E-state index contributed by atoms with van der Waals surface area (Å²) < 4.78 is 5.41. The molecule has 1 atom stereocenters. The van der Waals surface area contributed by atoms with E-state index >= 15 is 0 Å². The van der Waals surface area contributed by atoms with E-state index in [9.17, 15) is 4.79 Å². The van der Waals surface area contributed by atoms with Crippen molar-refractivity contribution < 1.29 is 9.53 Å². The highest BCUT2D eigenvalue weighted by atomic mass is 35.5. The molecule has 2 aliphatic rings. The highest BCUT2D eigenvalue weighted by molar-refractivity contribution is 6.29. The second-order valence-electron chi connectivity index (χ2n) is 4.97. The molecule has 20 heavy (non-hydrogen) atoms. The van der Waals surface area contributed by atoms with Crippen LogP contribution in [0.25, 0.3) is 0 Å². The van der Waals surface area contributed by atoms with Gasteiger partial charge in [0.25, 0.3) is 0 Å². The van der Waals surface area contributed by atoms with Gasteiger partial charge in [-0.2, -0.15) is 4.98 Å². The molecule has 7 nitrogen and oxygen atoms in total. The lowest BCUT2D eigenvalue weighted by Crippen LogP contribution is -2.54. The Morgan fingerprint density at radius 3 is 3.00 bits per heavy atom. The fourth-order valence-electron chi connectivity index (χ4n) is 2.19. The molecule has 1 saturated heterocycles. The molecule has 1 saturated carbocycles. The van der Waals surface area contributed by atoms with E-state index in [4.69, 9.17) is 22.1 Å². The molecule has 1 aromatic heterocycles. The Bertz CT molecular complexity index is 502. The molecule has 0 radical (unpaired) electrons. The fourth-order valence-corrected chi connectivity index (χ4v) is 2.37. The summed E-state index contributed by atoms with van der Waals surface area (Å²) in [6.07, 6.45) is 2.09. The topological polar surface area (TPSA) is 93.4 Å². The van der Waals surface area contributed by atoms with Crippen LogP contribution < -0.4 is 16.0 Å². The third kappa shape index (κ3) is 2.94. The van der Waals surface area contributed by atoms with E-state index in [2.05, 4.69) is 15.3 Å². The first-order chi connectivity index (χ1) is 9.63. The Labute approximate surface area is 121 Å². The van der Waals surface area contributed by atoms with Crippen LogP contribution in [0.15, 0.2) is 6.07 Å². The number of anilines is 2. The van der Waals surface area contributed by atoms with Crippen molar-refractivity contribution in [2.75, 3.05) is 30.4 Å². The van der Waals surface area contributed by atoms with E-state index in [1.54, 1.807) is 6.07 Å². The molecular formula is C12H16ClN5O2. The molecular weight excluding hydrogens is 282 g/mol. The normalized spacial score (nSPS) is 22.6. The number of aromatic nitrogens is 2. The minimum absolute atomic E-state index is 0.0412. The molecule has 108 valence electrons. The number of halogens is 1. The lowest BCUT2D eigenvalue weighted by Gasteiger charge is -2.35. The van der Waals surface area contributed by atoms with Gasteiger partial charge >= 0.3 is 0 Å². The highest BCUT2D eigenvalue weighted by Gasteiger charge is 2.34. The second kappa shape index (κ2) is 5.41. The van der Waals surface area contributed by atoms with Crippen molar-refractivity contribution in [2.45, 2.75) is 24.9 Å².